The van der Waals surface area contributed by atoms with E-state index < -0.39 is 5.97 Å². The van der Waals surface area contributed by atoms with Gasteiger partial charge in [0.1, 0.15) is 11.6 Å². The summed E-state index contributed by atoms with van der Waals surface area (Å²) in [6.07, 6.45) is 1.25. The van der Waals surface area contributed by atoms with Gasteiger partial charge in [-0.25, -0.2) is 14.2 Å². The zero-order valence-corrected chi connectivity index (χ0v) is 10.6. The van der Waals surface area contributed by atoms with Gasteiger partial charge in [0.2, 0.25) is 0 Å². The highest BCUT2D eigenvalue weighted by Crippen LogP contribution is 2.22. The third-order valence-corrected chi connectivity index (χ3v) is 2.81. The van der Waals surface area contributed by atoms with Crippen LogP contribution in [0.25, 0.3) is 0 Å². The Morgan fingerprint density at radius 2 is 2.11 bits per heavy atom. The van der Waals surface area contributed by atoms with Crippen molar-refractivity contribution >= 4 is 33.4 Å². The van der Waals surface area contributed by atoms with Crippen molar-refractivity contribution in [1.29, 1.82) is 0 Å². The van der Waals surface area contributed by atoms with Crippen molar-refractivity contribution in [3.63, 3.8) is 0 Å². The molecule has 0 amide bonds. The molecule has 0 spiro atoms. The van der Waals surface area contributed by atoms with E-state index in [-0.39, 0.29) is 11.4 Å². The molecule has 1 aromatic carbocycles. The Kier molecular flexibility index (Phi) is 3.57. The molecule has 0 aliphatic heterocycles. The number of carboxylic acid groups (broad SMARTS) is 1. The Morgan fingerprint density at radius 3 is 2.67 bits per heavy atom. The number of benzene rings is 1. The first-order valence-electron chi connectivity index (χ1n) is 4.97. The molecule has 0 saturated carbocycles. The molecule has 2 aromatic rings. The number of aromatic carboxylic acids is 1. The second-order valence-corrected chi connectivity index (χ2v) is 4.35. The van der Waals surface area contributed by atoms with Gasteiger partial charge in [-0.05, 0) is 46.3 Å². The van der Waals surface area contributed by atoms with Crippen molar-refractivity contribution in [2.24, 2.45) is 0 Å². The van der Waals surface area contributed by atoms with Crippen LogP contribution in [0.4, 0.5) is 15.9 Å². The molecule has 0 saturated heterocycles. The topological polar surface area (TPSA) is 62.2 Å². The number of aromatic nitrogens is 1. The second-order valence-electron chi connectivity index (χ2n) is 3.49. The molecule has 0 fully saturated rings. The maximum atomic E-state index is 13.0. The molecule has 92 valence electrons. The van der Waals surface area contributed by atoms with Crippen molar-refractivity contribution in [3.05, 3.63) is 52.4 Å². The molecule has 0 bridgehead atoms. The largest absolute Gasteiger partial charge is 0.478 e. The molecule has 18 heavy (non-hydrogen) atoms. The number of nitrogens with one attached hydrogen (secondary N) is 1. The summed E-state index contributed by atoms with van der Waals surface area (Å²) < 4.78 is 13.4. The first-order chi connectivity index (χ1) is 8.56. The molecule has 0 atom stereocenters. The van der Waals surface area contributed by atoms with Crippen LogP contribution in [0.15, 0.2) is 41.0 Å². The summed E-state index contributed by atoms with van der Waals surface area (Å²) in [5, 5.41) is 11.7. The van der Waals surface area contributed by atoms with E-state index in [4.69, 9.17) is 5.11 Å². The van der Waals surface area contributed by atoms with E-state index in [9.17, 15) is 9.18 Å². The Balaban J connectivity index is 2.18. The lowest BCUT2D eigenvalue weighted by molar-refractivity contribution is 0.0696. The molecule has 0 aliphatic rings. The van der Waals surface area contributed by atoms with Crippen LogP contribution in [0.1, 0.15) is 10.4 Å². The Bertz CT molecular complexity index is 587. The molecule has 1 heterocycles. The maximum Gasteiger partial charge on any atom is 0.337 e. The predicted octanol–water partition coefficient (Wildman–Crippen LogP) is 3.43. The number of carbonyl (C=O) groups is 1. The van der Waals surface area contributed by atoms with Gasteiger partial charge >= 0.3 is 5.97 Å². The van der Waals surface area contributed by atoms with Crippen LogP contribution in [0.5, 0.6) is 0 Å². The van der Waals surface area contributed by atoms with Gasteiger partial charge in [-0.15, -0.1) is 0 Å². The van der Waals surface area contributed by atoms with Crippen molar-refractivity contribution < 1.29 is 14.3 Å². The Hall–Kier alpha value is -1.95. The van der Waals surface area contributed by atoms with Gasteiger partial charge in [0, 0.05) is 11.9 Å². The van der Waals surface area contributed by atoms with Gasteiger partial charge in [-0.1, -0.05) is 0 Å². The Morgan fingerprint density at radius 1 is 1.33 bits per heavy atom. The van der Waals surface area contributed by atoms with Crippen molar-refractivity contribution in [3.8, 4) is 0 Å². The molecule has 6 heteroatoms. The van der Waals surface area contributed by atoms with E-state index in [0.29, 0.717) is 16.0 Å². The molecule has 2 N–H and O–H groups in total. The number of hydrogen-bond acceptors (Lipinski definition) is 3. The highest BCUT2D eigenvalue weighted by molar-refractivity contribution is 9.10. The van der Waals surface area contributed by atoms with Crippen LogP contribution in [-0.2, 0) is 0 Å². The molecule has 0 aliphatic carbocycles. The summed E-state index contributed by atoms with van der Waals surface area (Å²) in [6, 6.07) is 7.43. The average molecular weight is 311 g/mol. The minimum atomic E-state index is -1.03. The third-order valence-electron chi connectivity index (χ3n) is 2.20. The van der Waals surface area contributed by atoms with E-state index in [1.165, 1.54) is 18.3 Å². The summed E-state index contributed by atoms with van der Waals surface area (Å²) in [4.78, 5) is 14.6. The summed E-state index contributed by atoms with van der Waals surface area (Å²) in [5.41, 5.74) is 0.764. The highest BCUT2D eigenvalue weighted by atomic mass is 79.9. The van der Waals surface area contributed by atoms with Crippen molar-refractivity contribution in [2.45, 2.75) is 0 Å². The van der Waals surface area contributed by atoms with Crippen molar-refractivity contribution in [1.82, 2.24) is 4.98 Å². The number of nitrogens with zero attached hydrogens (tertiary/aromatic N) is 1. The van der Waals surface area contributed by atoms with E-state index in [1.807, 2.05) is 0 Å². The van der Waals surface area contributed by atoms with Crippen LogP contribution in [-0.4, -0.2) is 16.1 Å². The number of pyridine rings is 1. The zero-order chi connectivity index (χ0) is 13.1. The molecule has 0 unspecified atom stereocenters. The monoisotopic (exact) mass is 310 g/mol. The first kappa shape index (κ1) is 12.5. The van der Waals surface area contributed by atoms with Gasteiger partial charge in [0.25, 0.3) is 0 Å². The quantitative estimate of drug-likeness (QED) is 0.911. The molecule has 4 nitrogen and oxygen atoms in total. The normalized spacial score (nSPS) is 10.1. The fourth-order valence-electron chi connectivity index (χ4n) is 1.32. The third kappa shape index (κ3) is 2.84. The number of halogens is 2. The highest BCUT2D eigenvalue weighted by Gasteiger charge is 2.04. The zero-order valence-electron chi connectivity index (χ0n) is 9.02. The van der Waals surface area contributed by atoms with Crippen LogP contribution in [0.3, 0.4) is 0 Å². The van der Waals surface area contributed by atoms with Crippen LogP contribution >= 0.6 is 15.9 Å². The van der Waals surface area contributed by atoms with Crippen LogP contribution in [0.2, 0.25) is 0 Å². The maximum absolute atomic E-state index is 13.0. The number of rotatable bonds is 3. The average Bonchev–Trinajstić information content (AvgIpc) is 2.34. The molecule has 0 radical (unpaired) electrons. The molecule has 2 rings (SSSR count). The lowest BCUT2D eigenvalue weighted by Gasteiger charge is -2.06. The SMILES string of the molecule is O=C(O)c1ccc(Nc2ccc(F)c(Br)c2)nc1. The summed E-state index contributed by atoms with van der Waals surface area (Å²) in [5.74, 6) is -0.896. The molecular weight excluding hydrogens is 303 g/mol. The van der Waals surface area contributed by atoms with E-state index >= 15 is 0 Å². The van der Waals surface area contributed by atoms with Gasteiger partial charge in [0.05, 0.1) is 10.0 Å². The lowest BCUT2D eigenvalue weighted by atomic mass is 10.3. The fraction of sp³-hybridized carbons (Fsp3) is 0. The summed E-state index contributed by atoms with van der Waals surface area (Å²) in [7, 11) is 0. The van der Waals surface area contributed by atoms with E-state index in [2.05, 4.69) is 26.2 Å². The minimum Gasteiger partial charge on any atom is -0.478 e. The second kappa shape index (κ2) is 5.14. The Labute approximate surface area is 111 Å². The van der Waals surface area contributed by atoms with E-state index in [1.54, 1.807) is 18.2 Å². The molecular formula is C12H8BrFN2O2. The van der Waals surface area contributed by atoms with Gasteiger partial charge in [-0.3, -0.25) is 0 Å². The smallest absolute Gasteiger partial charge is 0.337 e. The van der Waals surface area contributed by atoms with Crippen LogP contribution in [0, 0.1) is 5.82 Å². The summed E-state index contributed by atoms with van der Waals surface area (Å²) >= 11 is 3.08. The minimum absolute atomic E-state index is 0.112. The first-order valence-corrected chi connectivity index (χ1v) is 5.77. The van der Waals surface area contributed by atoms with Gasteiger partial charge < -0.3 is 10.4 Å². The standard InChI is InChI=1S/C12H8BrFN2O2/c13-9-5-8(2-3-10(9)14)16-11-4-1-7(6-15-11)12(17)18/h1-6H,(H,15,16)(H,17,18). The van der Waals surface area contributed by atoms with Gasteiger partial charge in [0.15, 0.2) is 0 Å². The number of anilines is 2. The lowest BCUT2D eigenvalue weighted by Crippen LogP contribution is -1.99. The predicted molar refractivity (Wildman–Crippen MR) is 68.6 cm³/mol. The van der Waals surface area contributed by atoms with Crippen molar-refractivity contribution in [2.75, 3.05) is 5.32 Å². The number of carboxylic acids is 1. The molecule has 1 aromatic heterocycles. The van der Waals surface area contributed by atoms with E-state index in [0.717, 1.165) is 0 Å². The summed E-state index contributed by atoms with van der Waals surface area (Å²) in [6.45, 7) is 0. The van der Waals surface area contributed by atoms with Gasteiger partial charge in [-0.2, -0.15) is 0 Å². The fourth-order valence-corrected chi connectivity index (χ4v) is 1.69. The number of hydrogen-bond donors (Lipinski definition) is 2. The van der Waals surface area contributed by atoms with Crippen LogP contribution < -0.4 is 5.32 Å².